The molecule has 3 aromatic rings. The minimum absolute atomic E-state index is 0.165. The third-order valence-electron chi connectivity index (χ3n) is 5.38. The van der Waals surface area contributed by atoms with Crippen molar-refractivity contribution in [2.75, 3.05) is 12.4 Å². The van der Waals surface area contributed by atoms with E-state index in [1.807, 2.05) is 36.2 Å². The second-order valence-corrected chi connectivity index (χ2v) is 8.36. The van der Waals surface area contributed by atoms with Gasteiger partial charge in [0.15, 0.2) is 0 Å². The molecule has 1 aromatic carbocycles. The zero-order valence-electron chi connectivity index (χ0n) is 16.9. The van der Waals surface area contributed by atoms with E-state index in [0.29, 0.717) is 35.7 Å². The van der Waals surface area contributed by atoms with Gasteiger partial charge in [-0.2, -0.15) is 5.10 Å². The Kier molecular flexibility index (Phi) is 4.95. The molecule has 0 saturated heterocycles. The first-order valence-corrected chi connectivity index (χ1v) is 10.5. The normalized spacial score (nSPS) is 17.7. The molecular weight excluding hydrogens is 420 g/mol. The number of guanidine groups is 1. The Morgan fingerprint density at radius 1 is 1.29 bits per heavy atom. The smallest absolute Gasteiger partial charge is 0.325 e. The highest BCUT2D eigenvalue weighted by Gasteiger charge is 2.31. The maximum Gasteiger partial charge on any atom is 0.325 e. The molecule has 1 fully saturated rings. The molecule has 0 radical (unpaired) electrons. The number of imidazole rings is 1. The molecule has 5 rings (SSSR count). The average molecular weight is 443 g/mol. The fourth-order valence-corrected chi connectivity index (χ4v) is 3.72. The van der Waals surface area contributed by atoms with Crippen LogP contribution >= 0.6 is 11.6 Å². The van der Waals surface area contributed by atoms with Gasteiger partial charge in [0.05, 0.1) is 11.9 Å². The highest BCUT2D eigenvalue weighted by Crippen LogP contribution is 2.30. The second kappa shape index (κ2) is 7.78. The van der Waals surface area contributed by atoms with Crippen LogP contribution in [0.2, 0.25) is 5.02 Å². The van der Waals surface area contributed by atoms with Crippen LogP contribution in [0, 0.1) is 0 Å². The minimum Gasteiger partial charge on any atom is -0.493 e. The molecule has 1 aliphatic carbocycles. The van der Waals surface area contributed by atoms with Crippen molar-refractivity contribution in [3.8, 4) is 5.88 Å². The lowest BCUT2D eigenvalue weighted by atomic mass is 10.2. The first-order valence-electron chi connectivity index (χ1n) is 10.1. The molecule has 10 nitrogen and oxygen atoms in total. The van der Waals surface area contributed by atoms with Gasteiger partial charge in [0, 0.05) is 36.6 Å². The lowest BCUT2D eigenvalue weighted by molar-refractivity contribution is 0.368. The third-order valence-corrected chi connectivity index (χ3v) is 5.64. The highest BCUT2D eigenvalue weighted by atomic mass is 35.5. The van der Waals surface area contributed by atoms with Gasteiger partial charge in [0.25, 0.3) is 0 Å². The maximum atomic E-state index is 11.5. The lowest BCUT2D eigenvalue weighted by Crippen LogP contribution is -2.41. The molecule has 3 heterocycles. The van der Waals surface area contributed by atoms with Gasteiger partial charge in [0.2, 0.25) is 18.1 Å². The monoisotopic (exact) mass is 442 g/mol. The number of benzene rings is 1. The first-order chi connectivity index (χ1) is 15.0. The molecule has 162 valence electrons. The van der Waals surface area contributed by atoms with E-state index >= 15 is 0 Å². The van der Waals surface area contributed by atoms with Crippen molar-refractivity contribution in [1.29, 1.82) is 0 Å². The van der Waals surface area contributed by atoms with E-state index in [1.54, 1.807) is 10.9 Å². The van der Waals surface area contributed by atoms with E-state index < -0.39 is 5.69 Å². The van der Waals surface area contributed by atoms with Crippen LogP contribution in [-0.2, 0) is 13.0 Å². The molecule has 31 heavy (non-hydrogen) atoms. The predicted octanol–water partition coefficient (Wildman–Crippen LogP) is 1.97. The van der Waals surface area contributed by atoms with Crippen LogP contribution in [0.15, 0.2) is 40.2 Å². The van der Waals surface area contributed by atoms with Gasteiger partial charge in [0.1, 0.15) is 5.82 Å². The van der Waals surface area contributed by atoms with Gasteiger partial charge in [-0.3, -0.25) is 10.3 Å². The molecule has 0 spiro atoms. The van der Waals surface area contributed by atoms with E-state index in [9.17, 15) is 9.90 Å². The van der Waals surface area contributed by atoms with Crippen LogP contribution in [0.3, 0.4) is 0 Å². The summed E-state index contributed by atoms with van der Waals surface area (Å²) in [5.74, 6) is 1.31. The standard InChI is InChI=1S/C20H23ClN8O2/c1-28(10-11-2-4-13(21)5-3-11)18-25-16-12(8-15-17(30)26-20(31)24-15)9-22-29(16)19(27-18)23-14-6-7-14/h2-5,9,14,19,23,30H,6-8,10H2,1H3,(H,25,27)(H2,24,26,31). The molecule has 0 bridgehead atoms. The first kappa shape index (κ1) is 19.7. The van der Waals surface area contributed by atoms with E-state index in [2.05, 4.69) is 25.7 Å². The molecule has 1 saturated carbocycles. The fraction of sp³-hybridized carbons (Fsp3) is 0.350. The Hall–Kier alpha value is -3.24. The van der Waals surface area contributed by atoms with Crippen LogP contribution in [0.1, 0.15) is 36.0 Å². The number of aromatic amines is 2. The number of anilines is 1. The number of nitrogens with one attached hydrogen (secondary N) is 4. The quantitative estimate of drug-likeness (QED) is 0.397. The Bertz CT molecular complexity index is 1170. The van der Waals surface area contributed by atoms with Crippen molar-refractivity contribution in [3.05, 3.63) is 62.8 Å². The summed E-state index contributed by atoms with van der Waals surface area (Å²) >= 11 is 6.00. The van der Waals surface area contributed by atoms with Gasteiger partial charge < -0.3 is 20.3 Å². The summed E-state index contributed by atoms with van der Waals surface area (Å²) in [4.78, 5) is 23.3. The average Bonchev–Trinajstić information content (AvgIpc) is 3.38. The molecule has 0 amide bonds. The number of aliphatic imine (C=N–C) groups is 1. The Morgan fingerprint density at radius 2 is 2.06 bits per heavy atom. The van der Waals surface area contributed by atoms with Gasteiger partial charge in [-0.15, -0.1) is 0 Å². The number of hydrogen-bond acceptors (Lipinski definition) is 7. The predicted molar refractivity (Wildman–Crippen MR) is 117 cm³/mol. The van der Waals surface area contributed by atoms with Crippen LogP contribution in [0.25, 0.3) is 0 Å². The summed E-state index contributed by atoms with van der Waals surface area (Å²) in [6, 6.07) is 8.15. The number of hydrogen-bond donors (Lipinski definition) is 5. The summed E-state index contributed by atoms with van der Waals surface area (Å²) in [5, 5.41) is 22.0. The number of H-pyrrole nitrogens is 2. The summed E-state index contributed by atoms with van der Waals surface area (Å²) in [5.41, 5.74) is 1.91. The van der Waals surface area contributed by atoms with Crippen molar-refractivity contribution >= 4 is 23.4 Å². The van der Waals surface area contributed by atoms with Crippen molar-refractivity contribution in [2.24, 2.45) is 4.99 Å². The third kappa shape index (κ3) is 4.17. The van der Waals surface area contributed by atoms with E-state index in [1.165, 1.54) is 0 Å². The SMILES string of the molecule is CN(Cc1ccc(Cl)cc1)C1=NC(NC2CC2)n2ncc(Cc3[nH]c(=O)[nH]c3O)c2N1. The summed E-state index contributed by atoms with van der Waals surface area (Å²) in [6.07, 6.45) is 3.96. The molecular formula is C20H23ClN8O2. The maximum absolute atomic E-state index is 11.5. The number of aromatic hydroxyl groups is 1. The molecule has 2 aliphatic rings. The van der Waals surface area contributed by atoms with Crippen molar-refractivity contribution in [2.45, 2.75) is 38.1 Å². The topological polar surface area (TPSA) is 126 Å². The van der Waals surface area contributed by atoms with Crippen LogP contribution < -0.4 is 16.3 Å². The second-order valence-electron chi connectivity index (χ2n) is 7.92. The molecule has 11 heteroatoms. The largest absolute Gasteiger partial charge is 0.493 e. The van der Waals surface area contributed by atoms with E-state index in [-0.39, 0.29) is 12.2 Å². The summed E-state index contributed by atoms with van der Waals surface area (Å²) in [7, 11) is 1.97. The van der Waals surface area contributed by atoms with Crippen LogP contribution in [-0.4, -0.2) is 48.8 Å². The van der Waals surface area contributed by atoms with Crippen molar-refractivity contribution < 1.29 is 5.11 Å². The fourth-order valence-electron chi connectivity index (χ4n) is 3.59. The van der Waals surface area contributed by atoms with Gasteiger partial charge in [-0.25, -0.2) is 14.5 Å². The summed E-state index contributed by atoms with van der Waals surface area (Å²) in [6.45, 7) is 0.647. The lowest BCUT2D eigenvalue weighted by Gasteiger charge is -2.30. The molecule has 1 unspecified atom stereocenters. The molecule has 5 N–H and O–H groups in total. The molecule has 1 atom stereocenters. The van der Waals surface area contributed by atoms with Gasteiger partial charge in [-0.1, -0.05) is 23.7 Å². The Morgan fingerprint density at radius 3 is 2.74 bits per heavy atom. The van der Waals surface area contributed by atoms with Crippen molar-refractivity contribution in [1.82, 2.24) is 30.0 Å². The zero-order chi connectivity index (χ0) is 21.5. The van der Waals surface area contributed by atoms with Crippen LogP contribution in [0.4, 0.5) is 5.82 Å². The van der Waals surface area contributed by atoms with E-state index in [4.69, 9.17) is 16.6 Å². The minimum atomic E-state index is -0.445. The Balaban J connectivity index is 1.42. The number of nitrogens with zero attached hydrogens (tertiary/aromatic N) is 4. The van der Waals surface area contributed by atoms with E-state index in [0.717, 1.165) is 29.8 Å². The molecule has 2 aromatic heterocycles. The summed E-state index contributed by atoms with van der Waals surface area (Å²) < 4.78 is 1.80. The number of aromatic nitrogens is 4. The molecule has 1 aliphatic heterocycles. The Labute approximate surface area is 183 Å². The number of rotatable bonds is 6. The van der Waals surface area contributed by atoms with Crippen molar-refractivity contribution in [3.63, 3.8) is 0 Å². The van der Waals surface area contributed by atoms with Crippen LogP contribution in [0.5, 0.6) is 5.88 Å². The number of fused-ring (bicyclic) bond motifs is 1. The van der Waals surface area contributed by atoms with Gasteiger partial charge in [-0.05, 0) is 30.5 Å². The zero-order valence-corrected chi connectivity index (χ0v) is 17.6. The van der Waals surface area contributed by atoms with Gasteiger partial charge >= 0.3 is 5.69 Å². The highest BCUT2D eigenvalue weighted by molar-refractivity contribution is 6.30. The number of halogens is 1.